The minimum absolute atomic E-state index is 0.0795. The molecule has 0 unspecified atom stereocenters. The van der Waals surface area contributed by atoms with E-state index in [2.05, 4.69) is 37.3 Å². The van der Waals surface area contributed by atoms with E-state index in [1.807, 2.05) is 12.1 Å². The van der Waals surface area contributed by atoms with E-state index < -0.39 is 0 Å². The predicted octanol–water partition coefficient (Wildman–Crippen LogP) is 3.39. The van der Waals surface area contributed by atoms with Gasteiger partial charge in [0.15, 0.2) is 0 Å². The van der Waals surface area contributed by atoms with Crippen molar-refractivity contribution >= 4 is 17.4 Å². The van der Waals surface area contributed by atoms with Crippen LogP contribution in [0.25, 0.3) is 11.3 Å². The van der Waals surface area contributed by atoms with Gasteiger partial charge in [-0.1, -0.05) is 19.1 Å². The summed E-state index contributed by atoms with van der Waals surface area (Å²) in [5, 5.41) is 6.21. The maximum Gasteiger partial charge on any atom is 0.251 e. The van der Waals surface area contributed by atoms with Crippen LogP contribution in [0.5, 0.6) is 0 Å². The lowest BCUT2D eigenvalue weighted by Gasteiger charge is -2.33. The topological polar surface area (TPSA) is 73.4 Å². The molecule has 33 heavy (non-hydrogen) atoms. The Balaban J connectivity index is 1.28. The zero-order valence-electron chi connectivity index (χ0n) is 18.8. The fourth-order valence-corrected chi connectivity index (χ4v) is 3.84. The highest BCUT2D eigenvalue weighted by atomic mass is 19.1. The molecule has 0 saturated carbocycles. The summed E-state index contributed by atoms with van der Waals surface area (Å²) < 4.78 is 13.5. The minimum Gasteiger partial charge on any atom is -0.351 e. The molecule has 1 aliphatic rings. The number of halogens is 1. The Hall–Kier alpha value is -3.36. The van der Waals surface area contributed by atoms with E-state index in [1.54, 1.807) is 30.3 Å². The van der Waals surface area contributed by atoms with Gasteiger partial charge < -0.3 is 15.5 Å². The quantitative estimate of drug-likeness (QED) is 0.550. The normalized spacial score (nSPS) is 14.7. The smallest absolute Gasteiger partial charge is 0.251 e. The molecule has 0 bridgehead atoms. The first kappa shape index (κ1) is 22.8. The van der Waals surface area contributed by atoms with Crippen molar-refractivity contribution in [3.63, 3.8) is 0 Å². The molecule has 3 aromatic rings. The number of hydrogen-bond acceptors (Lipinski definition) is 6. The summed E-state index contributed by atoms with van der Waals surface area (Å²) in [5.74, 6) is 0.197. The number of amides is 1. The molecule has 1 saturated heterocycles. The van der Waals surface area contributed by atoms with Crippen LogP contribution in [-0.4, -0.2) is 71.5 Å². The zero-order chi connectivity index (χ0) is 23.0. The van der Waals surface area contributed by atoms with Crippen LogP contribution < -0.4 is 10.6 Å². The maximum atomic E-state index is 13.5. The molecule has 1 amide bonds. The lowest BCUT2D eigenvalue weighted by atomic mass is 10.1. The molecule has 1 aromatic heterocycles. The molecule has 0 radical (unpaired) electrons. The van der Waals surface area contributed by atoms with Crippen LogP contribution in [0.1, 0.15) is 17.3 Å². The van der Waals surface area contributed by atoms with E-state index in [0.717, 1.165) is 45.0 Å². The van der Waals surface area contributed by atoms with Gasteiger partial charge in [0.05, 0.1) is 5.69 Å². The third-order valence-electron chi connectivity index (χ3n) is 5.83. The van der Waals surface area contributed by atoms with Gasteiger partial charge in [0.1, 0.15) is 18.0 Å². The lowest BCUT2D eigenvalue weighted by Crippen LogP contribution is -2.48. The number of rotatable bonds is 8. The van der Waals surface area contributed by atoms with Crippen LogP contribution in [0, 0.1) is 5.82 Å². The van der Waals surface area contributed by atoms with Gasteiger partial charge in [0.2, 0.25) is 0 Å². The van der Waals surface area contributed by atoms with Crippen molar-refractivity contribution in [2.24, 2.45) is 0 Å². The maximum absolute atomic E-state index is 13.5. The fourth-order valence-electron chi connectivity index (χ4n) is 3.84. The molecule has 0 spiro atoms. The molecule has 0 atom stereocenters. The molecule has 1 fully saturated rings. The number of benzene rings is 2. The Morgan fingerprint density at radius 1 is 1.00 bits per heavy atom. The summed E-state index contributed by atoms with van der Waals surface area (Å²) in [6, 6.07) is 15.3. The van der Waals surface area contributed by atoms with Crippen molar-refractivity contribution in [2.45, 2.75) is 6.92 Å². The number of anilines is 2. The van der Waals surface area contributed by atoms with E-state index in [9.17, 15) is 9.18 Å². The van der Waals surface area contributed by atoms with Crippen molar-refractivity contribution < 1.29 is 9.18 Å². The summed E-state index contributed by atoms with van der Waals surface area (Å²) in [4.78, 5) is 25.8. The molecule has 2 heterocycles. The minimum atomic E-state index is -0.312. The Morgan fingerprint density at radius 2 is 1.76 bits per heavy atom. The van der Waals surface area contributed by atoms with Gasteiger partial charge in [-0.05, 0) is 42.9 Å². The van der Waals surface area contributed by atoms with Crippen molar-refractivity contribution in [2.75, 3.05) is 51.1 Å². The van der Waals surface area contributed by atoms with Crippen molar-refractivity contribution in [3.05, 3.63) is 72.3 Å². The molecular weight excluding hydrogens is 419 g/mol. The summed E-state index contributed by atoms with van der Waals surface area (Å²) in [6.45, 7) is 9.07. The number of carbonyl (C=O) groups is 1. The van der Waals surface area contributed by atoms with E-state index >= 15 is 0 Å². The molecule has 4 rings (SSSR count). The second-order valence-corrected chi connectivity index (χ2v) is 8.03. The number of nitrogens with one attached hydrogen (secondary N) is 2. The van der Waals surface area contributed by atoms with E-state index in [1.165, 1.54) is 18.5 Å². The van der Waals surface area contributed by atoms with Crippen molar-refractivity contribution in [1.82, 2.24) is 25.1 Å². The number of piperazine rings is 1. The second-order valence-electron chi connectivity index (χ2n) is 8.03. The van der Waals surface area contributed by atoms with Gasteiger partial charge in [-0.15, -0.1) is 0 Å². The average Bonchev–Trinajstić information content (AvgIpc) is 2.85. The van der Waals surface area contributed by atoms with Gasteiger partial charge in [0.25, 0.3) is 5.91 Å². The Morgan fingerprint density at radius 3 is 2.48 bits per heavy atom. The number of aromatic nitrogens is 2. The first-order chi connectivity index (χ1) is 16.1. The third-order valence-corrected chi connectivity index (χ3v) is 5.83. The van der Waals surface area contributed by atoms with Gasteiger partial charge in [-0.2, -0.15) is 0 Å². The first-order valence-electron chi connectivity index (χ1n) is 11.3. The van der Waals surface area contributed by atoms with Crippen LogP contribution in [0.15, 0.2) is 60.9 Å². The van der Waals surface area contributed by atoms with E-state index in [0.29, 0.717) is 29.2 Å². The SMILES string of the molecule is CCN1CCN(CCNC(=O)c2ccc(Nc3cc(-c4cccc(F)c4)ncn3)cc2)CC1. The second kappa shape index (κ2) is 11.0. The van der Waals surface area contributed by atoms with Gasteiger partial charge in [0, 0.05) is 62.1 Å². The Labute approximate surface area is 193 Å². The van der Waals surface area contributed by atoms with Crippen LogP contribution in [-0.2, 0) is 0 Å². The number of hydrogen-bond donors (Lipinski definition) is 2. The fraction of sp³-hybridized carbons (Fsp3) is 0.320. The summed E-state index contributed by atoms with van der Waals surface area (Å²) >= 11 is 0. The standard InChI is InChI=1S/C25H29FN6O/c1-2-31-12-14-32(15-13-31)11-10-27-25(33)19-6-8-22(9-7-19)30-24-17-23(28-18-29-24)20-4-3-5-21(26)16-20/h3-9,16-18H,2,10-15H2,1H3,(H,27,33)(H,28,29,30). The summed E-state index contributed by atoms with van der Waals surface area (Å²) in [5.41, 5.74) is 2.71. The molecular formula is C25H29FN6O. The molecule has 1 aliphatic heterocycles. The third kappa shape index (κ3) is 6.34. The van der Waals surface area contributed by atoms with Gasteiger partial charge in [-0.25, -0.2) is 14.4 Å². The highest BCUT2D eigenvalue weighted by Crippen LogP contribution is 2.22. The first-order valence-corrected chi connectivity index (χ1v) is 11.3. The highest BCUT2D eigenvalue weighted by Gasteiger charge is 2.15. The Kier molecular flexibility index (Phi) is 7.59. The van der Waals surface area contributed by atoms with Gasteiger partial charge in [-0.3, -0.25) is 9.69 Å². The molecule has 7 nitrogen and oxygen atoms in total. The monoisotopic (exact) mass is 448 g/mol. The van der Waals surface area contributed by atoms with Gasteiger partial charge >= 0.3 is 0 Å². The van der Waals surface area contributed by atoms with Crippen LogP contribution in [0.3, 0.4) is 0 Å². The largest absolute Gasteiger partial charge is 0.351 e. The zero-order valence-corrected chi connectivity index (χ0v) is 18.8. The predicted molar refractivity (Wildman–Crippen MR) is 128 cm³/mol. The van der Waals surface area contributed by atoms with E-state index in [4.69, 9.17) is 0 Å². The average molecular weight is 449 g/mol. The molecule has 2 aromatic carbocycles. The summed E-state index contributed by atoms with van der Waals surface area (Å²) in [7, 11) is 0. The molecule has 172 valence electrons. The number of likely N-dealkylation sites (N-methyl/N-ethyl adjacent to an activating group) is 1. The lowest BCUT2D eigenvalue weighted by molar-refractivity contribution is 0.0938. The molecule has 8 heteroatoms. The van der Waals surface area contributed by atoms with E-state index in [-0.39, 0.29) is 11.7 Å². The molecule has 2 N–H and O–H groups in total. The molecule has 0 aliphatic carbocycles. The Bertz CT molecular complexity index is 1070. The van der Waals surface area contributed by atoms with Crippen molar-refractivity contribution in [3.8, 4) is 11.3 Å². The highest BCUT2D eigenvalue weighted by molar-refractivity contribution is 5.94. The van der Waals surface area contributed by atoms with Crippen LogP contribution >= 0.6 is 0 Å². The van der Waals surface area contributed by atoms with Crippen LogP contribution in [0.4, 0.5) is 15.9 Å². The summed E-state index contributed by atoms with van der Waals surface area (Å²) in [6.07, 6.45) is 1.44. The van der Waals surface area contributed by atoms with Crippen molar-refractivity contribution in [1.29, 1.82) is 0 Å². The number of carbonyl (C=O) groups excluding carboxylic acids is 1. The van der Waals surface area contributed by atoms with Crippen LogP contribution in [0.2, 0.25) is 0 Å². The number of nitrogens with zero attached hydrogens (tertiary/aromatic N) is 4.